The SMILES string of the molecule is Brc1cc2n(n1)-c1[c-]cccc1CC2.[Ir]. The number of aromatic nitrogens is 2. The fourth-order valence-corrected chi connectivity index (χ4v) is 2.31. The standard InChI is InChI=1S/C11H8BrN2.Ir/c12-11-7-9-6-5-8-3-1-2-4-10(8)14(9)13-11;/h1-3,7H,5-6H2;/q-1;. The summed E-state index contributed by atoms with van der Waals surface area (Å²) in [7, 11) is 0. The second kappa shape index (κ2) is 4.20. The molecule has 0 saturated heterocycles. The molecule has 1 aromatic carbocycles. The quantitative estimate of drug-likeness (QED) is 0.576. The molecule has 0 atom stereocenters. The molecule has 2 aromatic rings. The van der Waals surface area contributed by atoms with Crippen molar-refractivity contribution < 1.29 is 20.1 Å². The Labute approximate surface area is 110 Å². The molecule has 0 aliphatic carbocycles. The van der Waals surface area contributed by atoms with Crippen LogP contribution in [0.4, 0.5) is 0 Å². The van der Waals surface area contributed by atoms with Crippen LogP contribution in [0.3, 0.4) is 0 Å². The van der Waals surface area contributed by atoms with Crippen molar-refractivity contribution in [1.29, 1.82) is 0 Å². The van der Waals surface area contributed by atoms with Crippen molar-refractivity contribution in [2.75, 3.05) is 0 Å². The smallest absolute Gasteiger partial charge is 0.128 e. The summed E-state index contributed by atoms with van der Waals surface area (Å²) >= 11 is 3.40. The Kier molecular flexibility index (Phi) is 3.10. The molecule has 4 heteroatoms. The zero-order valence-electron chi connectivity index (χ0n) is 7.83. The minimum Gasteiger partial charge on any atom is -0.261 e. The topological polar surface area (TPSA) is 17.8 Å². The average molecular weight is 440 g/mol. The number of nitrogens with zero attached hydrogens (tertiary/aromatic N) is 2. The fourth-order valence-electron chi connectivity index (χ4n) is 1.88. The van der Waals surface area contributed by atoms with Crippen LogP contribution >= 0.6 is 15.9 Å². The summed E-state index contributed by atoms with van der Waals surface area (Å²) in [4.78, 5) is 0. The first-order valence-corrected chi connectivity index (χ1v) is 5.38. The van der Waals surface area contributed by atoms with Crippen LogP contribution in [-0.4, -0.2) is 9.78 Å². The van der Waals surface area contributed by atoms with E-state index in [4.69, 9.17) is 0 Å². The van der Waals surface area contributed by atoms with Crippen LogP contribution < -0.4 is 0 Å². The third-order valence-electron chi connectivity index (χ3n) is 2.53. The van der Waals surface area contributed by atoms with Gasteiger partial charge in [0.15, 0.2) is 0 Å². The summed E-state index contributed by atoms with van der Waals surface area (Å²) in [6, 6.07) is 11.4. The van der Waals surface area contributed by atoms with Crippen LogP contribution in [0, 0.1) is 6.07 Å². The number of fused-ring (bicyclic) bond motifs is 3. The third-order valence-corrected chi connectivity index (χ3v) is 2.92. The monoisotopic (exact) mass is 440 g/mol. The van der Waals surface area contributed by atoms with Crippen LogP contribution in [0.1, 0.15) is 11.3 Å². The van der Waals surface area contributed by atoms with Crippen LogP contribution in [-0.2, 0) is 32.9 Å². The van der Waals surface area contributed by atoms with Gasteiger partial charge in [0.2, 0.25) is 0 Å². The molecule has 0 amide bonds. The van der Waals surface area contributed by atoms with Crippen molar-refractivity contribution in [1.82, 2.24) is 9.78 Å². The molecule has 0 spiro atoms. The molecule has 0 unspecified atom stereocenters. The number of halogens is 1. The largest absolute Gasteiger partial charge is 0.261 e. The molecular weight excluding hydrogens is 432 g/mol. The summed E-state index contributed by atoms with van der Waals surface area (Å²) in [6.07, 6.45) is 2.15. The Morgan fingerprint density at radius 2 is 2.27 bits per heavy atom. The molecule has 0 saturated carbocycles. The first kappa shape index (κ1) is 11.1. The second-order valence-electron chi connectivity index (χ2n) is 3.41. The molecule has 1 aliphatic rings. The first-order valence-electron chi connectivity index (χ1n) is 4.59. The normalized spacial score (nSPS) is 12.6. The van der Waals surface area contributed by atoms with E-state index in [1.807, 2.05) is 16.8 Å². The van der Waals surface area contributed by atoms with E-state index in [0.29, 0.717) is 0 Å². The zero-order valence-corrected chi connectivity index (χ0v) is 11.8. The average Bonchev–Trinajstić information content (AvgIpc) is 2.59. The van der Waals surface area contributed by atoms with Crippen LogP contribution in [0.2, 0.25) is 0 Å². The molecule has 0 bridgehead atoms. The van der Waals surface area contributed by atoms with E-state index in [2.05, 4.69) is 39.2 Å². The van der Waals surface area contributed by atoms with Gasteiger partial charge in [-0.1, -0.05) is 6.42 Å². The third kappa shape index (κ3) is 1.82. The van der Waals surface area contributed by atoms with E-state index < -0.39 is 0 Å². The van der Waals surface area contributed by atoms with Crippen molar-refractivity contribution >= 4 is 15.9 Å². The maximum Gasteiger partial charge on any atom is 0.128 e. The van der Waals surface area contributed by atoms with E-state index in [1.165, 1.54) is 11.3 Å². The molecule has 3 rings (SSSR count). The Bertz CT molecular complexity index is 493. The van der Waals surface area contributed by atoms with Gasteiger partial charge in [-0.2, -0.15) is 29.4 Å². The van der Waals surface area contributed by atoms with Crippen molar-refractivity contribution in [2.45, 2.75) is 12.8 Å². The summed E-state index contributed by atoms with van der Waals surface area (Å²) in [5.41, 5.74) is 3.68. The number of rotatable bonds is 0. The van der Waals surface area contributed by atoms with Crippen molar-refractivity contribution in [3.63, 3.8) is 0 Å². The predicted octanol–water partition coefficient (Wildman–Crippen LogP) is 2.53. The van der Waals surface area contributed by atoms with Gasteiger partial charge in [0.25, 0.3) is 0 Å². The van der Waals surface area contributed by atoms with Gasteiger partial charge in [-0.25, -0.2) is 0 Å². The molecule has 1 radical (unpaired) electrons. The maximum absolute atomic E-state index is 4.39. The van der Waals surface area contributed by atoms with Gasteiger partial charge in [-0.15, -0.1) is 5.56 Å². The van der Waals surface area contributed by atoms with Crippen molar-refractivity contribution in [3.8, 4) is 5.69 Å². The summed E-state index contributed by atoms with van der Waals surface area (Å²) in [5, 5.41) is 4.39. The number of hydrogen-bond donors (Lipinski definition) is 0. The summed E-state index contributed by atoms with van der Waals surface area (Å²) in [5.74, 6) is 0. The Balaban J connectivity index is 0.000000853. The number of hydrogen-bond acceptors (Lipinski definition) is 1. The Morgan fingerprint density at radius 1 is 1.40 bits per heavy atom. The van der Waals surface area contributed by atoms with Crippen LogP contribution in [0.25, 0.3) is 5.69 Å². The first-order chi connectivity index (χ1) is 6.84. The fraction of sp³-hybridized carbons (Fsp3) is 0.182. The summed E-state index contributed by atoms with van der Waals surface area (Å²) in [6.45, 7) is 0. The Hall–Kier alpha value is -0.441. The molecule has 0 N–H and O–H groups in total. The molecule has 2 heterocycles. The van der Waals surface area contributed by atoms with Crippen molar-refractivity contribution in [2.24, 2.45) is 0 Å². The van der Waals surface area contributed by atoms with Gasteiger partial charge in [0.05, 0.1) is 0 Å². The number of aryl methyl sites for hydroxylation is 2. The van der Waals surface area contributed by atoms with Gasteiger partial charge in [0.1, 0.15) is 4.60 Å². The van der Waals surface area contributed by atoms with Crippen LogP contribution in [0.15, 0.2) is 28.9 Å². The number of para-hydroxylation sites is 1. The van der Waals surface area contributed by atoms with Gasteiger partial charge in [-0.05, 0) is 34.1 Å². The Morgan fingerprint density at radius 3 is 3.13 bits per heavy atom. The molecule has 15 heavy (non-hydrogen) atoms. The van der Waals surface area contributed by atoms with E-state index in [-0.39, 0.29) is 20.1 Å². The van der Waals surface area contributed by atoms with Gasteiger partial charge < -0.3 is 0 Å². The minimum atomic E-state index is 0. The molecule has 79 valence electrons. The predicted molar refractivity (Wildman–Crippen MR) is 57.5 cm³/mol. The van der Waals surface area contributed by atoms with E-state index in [1.54, 1.807) is 0 Å². The molecule has 1 aliphatic heterocycles. The summed E-state index contributed by atoms with van der Waals surface area (Å²) < 4.78 is 2.88. The van der Waals surface area contributed by atoms with Gasteiger partial charge in [-0.3, -0.25) is 4.68 Å². The van der Waals surface area contributed by atoms with Gasteiger partial charge in [0, 0.05) is 25.8 Å². The second-order valence-corrected chi connectivity index (χ2v) is 4.23. The number of benzene rings is 1. The molecule has 1 aromatic heterocycles. The van der Waals surface area contributed by atoms with Gasteiger partial charge >= 0.3 is 0 Å². The molecule has 2 nitrogen and oxygen atoms in total. The van der Waals surface area contributed by atoms with Crippen LogP contribution in [0.5, 0.6) is 0 Å². The van der Waals surface area contributed by atoms with Crippen molar-refractivity contribution in [3.05, 3.63) is 46.2 Å². The van der Waals surface area contributed by atoms with E-state index in [9.17, 15) is 0 Å². The van der Waals surface area contributed by atoms with E-state index in [0.717, 1.165) is 23.1 Å². The zero-order chi connectivity index (χ0) is 9.54. The minimum absolute atomic E-state index is 0. The maximum atomic E-state index is 4.39. The molecule has 0 fully saturated rings. The molecular formula is C11H8BrIrN2-. The van der Waals surface area contributed by atoms with E-state index >= 15 is 0 Å².